The normalized spacial score (nSPS) is 13.7. The van der Waals surface area contributed by atoms with Gasteiger partial charge in [-0.2, -0.15) is 21.6 Å². The first kappa shape index (κ1) is 29.8. The largest absolute Gasteiger partial charge is 0.516 e. The van der Waals surface area contributed by atoms with E-state index in [0.29, 0.717) is 34.3 Å². The molecule has 0 fully saturated rings. The third-order valence-electron chi connectivity index (χ3n) is 6.41. The van der Waals surface area contributed by atoms with Crippen LogP contribution in [0.25, 0.3) is 10.9 Å². The SMILES string of the molecule is CC(Cc1ccc2c(c1)cc(C(=O)O)n2Cc1cccc(NS(=O)(=O)C(F)(F)F)c1)NCC(O)c1ccc(N)nc1. The minimum absolute atomic E-state index is 0.0259. The summed E-state index contributed by atoms with van der Waals surface area (Å²) in [4.78, 5) is 16.0. The van der Waals surface area contributed by atoms with E-state index in [1.807, 2.05) is 19.1 Å². The van der Waals surface area contributed by atoms with Crippen LogP contribution in [-0.2, 0) is 23.0 Å². The lowest BCUT2D eigenvalue weighted by atomic mass is 10.0. The molecule has 2 aromatic heterocycles. The fourth-order valence-corrected chi connectivity index (χ4v) is 4.95. The maximum atomic E-state index is 12.8. The number of hydrogen-bond donors (Lipinski definition) is 5. The number of pyridine rings is 1. The average molecular weight is 592 g/mol. The Kier molecular flexibility index (Phi) is 8.56. The third kappa shape index (κ3) is 7.14. The highest BCUT2D eigenvalue weighted by Crippen LogP contribution is 2.27. The van der Waals surface area contributed by atoms with Crippen molar-refractivity contribution in [3.8, 4) is 0 Å². The number of benzene rings is 2. The molecule has 6 N–H and O–H groups in total. The molecule has 0 radical (unpaired) electrons. The zero-order valence-corrected chi connectivity index (χ0v) is 22.6. The number of hydrogen-bond acceptors (Lipinski definition) is 7. The van der Waals surface area contributed by atoms with Gasteiger partial charge in [-0.25, -0.2) is 9.78 Å². The molecule has 4 rings (SSSR count). The van der Waals surface area contributed by atoms with Crippen LogP contribution in [0.4, 0.5) is 24.7 Å². The number of carboxylic acid groups (broad SMARTS) is 1. The molecular weight excluding hydrogens is 563 g/mol. The van der Waals surface area contributed by atoms with Gasteiger partial charge in [-0.05, 0) is 60.9 Å². The van der Waals surface area contributed by atoms with Crippen LogP contribution in [0.2, 0.25) is 0 Å². The van der Waals surface area contributed by atoms with Gasteiger partial charge in [-0.15, -0.1) is 0 Å². The number of aromatic carboxylic acids is 1. The fraction of sp³-hybridized carbons (Fsp3) is 0.259. The summed E-state index contributed by atoms with van der Waals surface area (Å²) in [6.07, 6.45) is 1.32. The van der Waals surface area contributed by atoms with E-state index in [-0.39, 0.29) is 30.5 Å². The van der Waals surface area contributed by atoms with Crippen LogP contribution in [0.5, 0.6) is 0 Å². The molecule has 4 aromatic rings. The Morgan fingerprint density at radius 1 is 1.10 bits per heavy atom. The Morgan fingerprint density at radius 2 is 1.85 bits per heavy atom. The smallest absolute Gasteiger partial charge is 0.477 e. The number of halogens is 3. The molecule has 2 unspecified atom stereocenters. The summed E-state index contributed by atoms with van der Waals surface area (Å²) in [5.74, 6) is -0.836. The summed E-state index contributed by atoms with van der Waals surface area (Å²) in [5, 5.41) is 24.1. The Morgan fingerprint density at radius 3 is 2.51 bits per heavy atom. The molecular formula is C27H28F3N5O5S. The number of nitrogens with one attached hydrogen (secondary N) is 2. The molecule has 218 valence electrons. The molecule has 14 heteroatoms. The molecule has 10 nitrogen and oxygen atoms in total. The fourth-order valence-electron chi connectivity index (χ4n) is 4.39. The molecule has 0 saturated heterocycles. The van der Waals surface area contributed by atoms with Crippen molar-refractivity contribution in [2.24, 2.45) is 0 Å². The van der Waals surface area contributed by atoms with Crippen molar-refractivity contribution in [1.82, 2.24) is 14.9 Å². The minimum atomic E-state index is -5.60. The highest BCUT2D eigenvalue weighted by molar-refractivity contribution is 7.93. The number of aliphatic hydroxyl groups excluding tert-OH is 1. The molecule has 0 aliphatic rings. The van der Waals surface area contributed by atoms with Crippen molar-refractivity contribution in [3.05, 3.63) is 89.2 Å². The monoisotopic (exact) mass is 591 g/mol. The van der Waals surface area contributed by atoms with Crippen molar-refractivity contribution in [2.45, 2.75) is 37.5 Å². The Hall–Kier alpha value is -4.14. The zero-order valence-electron chi connectivity index (χ0n) is 21.8. The van der Waals surface area contributed by atoms with Crippen LogP contribution in [-0.4, -0.2) is 52.2 Å². The molecule has 2 aromatic carbocycles. The van der Waals surface area contributed by atoms with Crippen LogP contribution in [0.15, 0.2) is 66.9 Å². The Balaban J connectivity index is 1.49. The number of carbonyl (C=O) groups is 1. The van der Waals surface area contributed by atoms with E-state index >= 15 is 0 Å². The Bertz CT molecular complexity index is 1660. The van der Waals surface area contributed by atoms with E-state index < -0.39 is 27.6 Å². The average Bonchev–Trinajstić information content (AvgIpc) is 3.24. The summed E-state index contributed by atoms with van der Waals surface area (Å²) < 4.78 is 64.3. The number of fused-ring (bicyclic) bond motifs is 1. The second-order valence-electron chi connectivity index (χ2n) is 9.61. The third-order valence-corrected chi connectivity index (χ3v) is 7.52. The number of aromatic nitrogens is 2. The van der Waals surface area contributed by atoms with Crippen LogP contribution in [0.1, 0.15) is 40.2 Å². The lowest BCUT2D eigenvalue weighted by Gasteiger charge is -2.17. The number of alkyl halides is 3. The van der Waals surface area contributed by atoms with Gasteiger partial charge in [0.25, 0.3) is 0 Å². The van der Waals surface area contributed by atoms with Crippen LogP contribution in [0.3, 0.4) is 0 Å². The second-order valence-corrected chi connectivity index (χ2v) is 11.3. The lowest BCUT2D eigenvalue weighted by molar-refractivity contribution is -0.0429. The summed E-state index contributed by atoms with van der Waals surface area (Å²) in [6, 6.07) is 15.6. The summed E-state index contributed by atoms with van der Waals surface area (Å²) >= 11 is 0. The van der Waals surface area contributed by atoms with Gasteiger partial charge in [0.15, 0.2) is 0 Å². The van der Waals surface area contributed by atoms with E-state index in [0.717, 1.165) is 5.56 Å². The molecule has 41 heavy (non-hydrogen) atoms. The van der Waals surface area contributed by atoms with Gasteiger partial charge in [0, 0.05) is 47.5 Å². The van der Waals surface area contributed by atoms with Crippen molar-refractivity contribution in [3.63, 3.8) is 0 Å². The van der Waals surface area contributed by atoms with Gasteiger partial charge in [0.1, 0.15) is 11.5 Å². The molecule has 0 aliphatic heterocycles. The summed E-state index contributed by atoms with van der Waals surface area (Å²) in [6.45, 7) is 2.21. The molecule has 0 saturated carbocycles. The first-order valence-corrected chi connectivity index (χ1v) is 13.9. The van der Waals surface area contributed by atoms with Crippen LogP contribution < -0.4 is 15.8 Å². The minimum Gasteiger partial charge on any atom is -0.477 e. The highest BCUT2D eigenvalue weighted by Gasteiger charge is 2.46. The number of carboxylic acids is 1. The second kappa shape index (κ2) is 11.8. The van der Waals surface area contributed by atoms with Gasteiger partial charge < -0.3 is 25.8 Å². The number of nitrogen functional groups attached to an aromatic ring is 1. The molecule has 2 heterocycles. The maximum absolute atomic E-state index is 12.8. The topological polar surface area (TPSA) is 160 Å². The predicted octanol–water partition coefficient (Wildman–Crippen LogP) is 3.88. The molecule has 2 atom stereocenters. The standard InChI is InChI=1S/C27H28F3N5O5S/c1-16(32-14-24(36)19-6-8-25(31)33-13-19)9-17-5-7-22-20(10-17)12-23(26(37)38)35(22)15-18-3-2-4-21(11-18)34-41(39,40)27(28,29)30/h2-8,10-13,16,24,32,34,36H,9,14-15H2,1H3,(H2,31,33)(H,37,38). The predicted molar refractivity (Wildman–Crippen MR) is 148 cm³/mol. The van der Waals surface area contributed by atoms with Gasteiger partial charge in [0.2, 0.25) is 0 Å². The lowest BCUT2D eigenvalue weighted by Crippen LogP contribution is -2.32. The number of anilines is 2. The van der Waals surface area contributed by atoms with Crippen LogP contribution >= 0.6 is 0 Å². The van der Waals surface area contributed by atoms with Crippen molar-refractivity contribution in [2.75, 3.05) is 17.0 Å². The highest BCUT2D eigenvalue weighted by atomic mass is 32.2. The molecule has 0 spiro atoms. The maximum Gasteiger partial charge on any atom is 0.516 e. The van der Waals surface area contributed by atoms with E-state index in [4.69, 9.17) is 5.73 Å². The van der Waals surface area contributed by atoms with Gasteiger partial charge in [-0.3, -0.25) is 4.72 Å². The zero-order chi connectivity index (χ0) is 29.9. The van der Waals surface area contributed by atoms with Crippen LogP contribution in [0, 0.1) is 0 Å². The number of rotatable bonds is 11. The summed E-state index contributed by atoms with van der Waals surface area (Å²) in [7, 11) is -5.60. The van der Waals surface area contributed by atoms with E-state index in [1.165, 1.54) is 39.8 Å². The van der Waals surface area contributed by atoms with Gasteiger partial charge >= 0.3 is 21.5 Å². The van der Waals surface area contributed by atoms with E-state index in [2.05, 4.69) is 10.3 Å². The number of nitrogens with zero attached hydrogens (tertiary/aromatic N) is 2. The first-order valence-electron chi connectivity index (χ1n) is 12.4. The van der Waals surface area contributed by atoms with E-state index in [9.17, 15) is 36.6 Å². The number of aliphatic hydroxyl groups is 1. The number of sulfonamides is 1. The van der Waals surface area contributed by atoms with Gasteiger partial charge in [-0.1, -0.05) is 24.3 Å². The molecule has 0 aliphatic carbocycles. The Labute approximate surface area is 233 Å². The summed E-state index contributed by atoms with van der Waals surface area (Å²) in [5.41, 5.74) is 2.29. The first-order chi connectivity index (χ1) is 19.2. The van der Waals surface area contributed by atoms with E-state index in [1.54, 1.807) is 24.3 Å². The van der Waals surface area contributed by atoms with Crippen molar-refractivity contribution < 1.29 is 36.6 Å². The van der Waals surface area contributed by atoms with Crippen molar-refractivity contribution in [1.29, 1.82) is 0 Å². The number of nitrogens with two attached hydrogens (primary N) is 1. The van der Waals surface area contributed by atoms with Crippen molar-refractivity contribution >= 4 is 38.4 Å². The molecule has 0 amide bonds. The van der Waals surface area contributed by atoms with Gasteiger partial charge in [0.05, 0.1) is 6.10 Å². The quantitative estimate of drug-likeness (QED) is 0.176. The molecule has 0 bridgehead atoms.